The molecule has 0 saturated carbocycles. The van der Waals surface area contributed by atoms with Crippen molar-refractivity contribution in [2.75, 3.05) is 11.1 Å². The van der Waals surface area contributed by atoms with E-state index in [4.69, 9.17) is 5.73 Å². The predicted octanol–water partition coefficient (Wildman–Crippen LogP) is 1.40. The number of hydrogen-bond donors (Lipinski definition) is 3. The number of aryl methyl sites for hydroxylation is 1. The molecule has 1 aromatic heterocycles. The molecule has 0 bridgehead atoms. The molecular formula is C11H12N4O. The van der Waals surface area contributed by atoms with E-state index in [1.54, 1.807) is 13.0 Å². The molecule has 2 rings (SSSR count). The standard InChI is InChI=1S/C11H12N4O/c1-7-10(6-13-11(16)14-7)15-9-5-3-2-4-8(9)12/h2-6,15H,12H2,1H3,(H,13,14,16). The van der Waals surface area contributed by atoms with Crippen LogP contribution in [0.25, 0.3) is 0 Å². The Kier molecular flexibility index (Phi) is 2.59. The number of para-hydroxylation sites is 2. The first-order chi connectivity index (χ1) is 7.66. The van der Waals surface area contributed by atoms with Gasteiger partial charge in [-0.3, -0.25) is 0 Å². The van der Waals surface area contributed by atoms with E-state index in [9.17, 15) is 4.79 Å². The number of hydrogen-bond acceptors (Lipinski definition) is 4. The van der Waals surface area contributed by atoms with E-state index in [-0.39, 0.29) is 5.69 Å². The fourth-order valence-electron chi connectivity index (χ4n) is 1.36. The molecule has 5 heteroatoms. The molecule has 0 aliphatic rings. The zero-order valence-corrected chi connectivity index (χ0v) is 8.82. The maximum atomic E-state index is 10.9. The van der Waals surface area contributed by atoms with Crippen molar-refractivity contribution >= 4 is 17.1 Å². The zero-order valence-electron chi connectivity index (χ0n) is 8.82. The summed E-state index contributed by atoms with van der Waals surface area (Å²) in [6.45, 7) is 1.80. The van der Waals surface area contributed by atoms with E-state index in [1.807, 2.05) is 18.2 Å². The molecule has 2 aromatic rings. The normalized spacial score (nSPS) is 10.1. The summed E-state index contributed by atoms with van der Waals surface area (Å²) in [6.07, 6.45) is 1.49. The molecule has 0 radical (unpaired) electrons. The van der Waals surface area contributed by atoms with Crippen LogP contribution in [0.4, 0.5) is 17.1 Å². The smallest absolute Gasteiger partial charge is 0.345 e. The Bertz CT molecular complexity index is 562. The largest absolute Gasteiger partial charge is 0.397 e. The van der Waals surface area contributed by atoms with Gasteiger partial charge in [0, 0.05) is 5.69 Å². The van der Waals surface area contributed by atoms with Gasteiger partial charge >= 0.3 is 5.69 Å². The van der Waals surface area contributed by atoms with Crippen molar-refractivity contribution in [2.45, 2.75) is 6.92 Å². The lowest BCUT2D eigenvalue weighted by Crippen LogP contribution is -2.12. The van der Waals surface area contributed by atoms with Gasteiger partial charge < -0.3 is 16.0 Å². The lowest BCUT2D eigenvalue weighted by atomic mass is 10.2. The Hall–Kier alpha value is -2.30. The molecule has 0 aliphatic heterocycles. The van der Waals surface area contributed by atoms with Crippen LogP contribution in [0, 0.1) is 6.92 Å². The number of H-pyrrole nitrogens is 1. The maximum absolute atomic E-state index is 10.9. The summed E-state index contributed by atoms with van der Waals surface area (Å²) in [4.78, 5) is 17.2. The maximum Gasteiger partial charge on any atom is 0.345 e. The summed E-state index contributed by atoms with van der Waals surface area (Å²) >= 11 is 0. The first-order valence-corrected chi connectivity index (χ1v) is 4.84. The SMILES string of the molecule is Cc1[nH]c(=O)ncc1Nc1ccccc1N. The Balaban J connectivity index is 2.34. The Labute approximate surface area is 92.3 Å². The molecule has 0 aliphatic carbocycles. The van der Waals surface area contributed by atoms with Crippen LogP contribution in [-0.2, 0) is 0 Å². The molecule has 1 aromatic carbocycles. The highest BCUT2D eigenvalue weighted by Gasteiger charge is 2.02. The number of nitrogens with one attached hydrogen (secondary N) is 2. The number of nitrogens with two attached hydrogens (primary N) is 1. The Morgan fingerprint density at radius 2 is 2.06 bits per heavy atom. The molecular weight excluding hydrogens is 204 g/mol. The predicted molar refractivity (Wildman–Crippen MR) is 63.7 cm³/mol. The lowest BCUT2D eigenvalue weighted by Gasteiger charge is -2.10. The van der Waals surface area contributed by atoms with Gasteiger partial charge in [-0.05, 0) is 19.1 Å². The minimum atomic E-state index is -0.357. The van der Waals surface area contributed by atoms with Crippen molar-refractivity contribution in [3.05, 3.63) is 46.6 Å². The number of nitrogen functional groups attached to an aromatic ring is 1. The van der Waals surface area contributed by atoms with Crippen molar-refractivity contribution in [1.29, 1.82) is 0 Å². The average molecular weight is 216 g/mol. The van der Waals surface area contributed by atoms with Gasteiger partial charge in [-0.1, -0.05) is 12.1 Å². The molecule has 16 heavy (non-hydrogen) atoms. The van der Waals surface area contributed by atoms with E-state index in [1.165, 1.54) is 6.20 Å². The van der Waals surface area contributed by atoms with Crippen molar-refractivity contribution in [1.82, 2.24) is 9.97 Å². The van der Waals surface area contributed by atoms with E-state index >= 15 is 0 Å². The number of aromatic nitrogens is 2. The average Bonchev–Trinajstić information content (AvgIpc) is 2.25. The fraction of sp³-hybridized carbons (Fsp3) is 0.0909. The number of nitrogens with zero attached hydrogens (tertiary/aromatic N) is 1. The van der Waals surface area contributed by atoms with Crippen LogP contribution >= 0.6 is 0 Å². The van der Waals surface area contributed by atoms with Crippen LogP contribution < -0.4 is 16.7 Å². The molecule has 0 fully saturated rings. The second kappa shape index (κ2) is 4.06. The van der Waals surface area contributed by atoms with Crippen LogP contribution in [0.1, 0.15) is 5.69 Å². The number of benzene rings is 1. The van der Waals surface area contributed by atoms with Crippen molar-refractivity contribution in [3.8, 4) is 0 Å². The Morgan fingerprint density at radius 1 is 1.31 bits per heavy atom. The van der Waals surface area contributed by atoms with Crippen LogP contribution in [0.2, 0.25) is 0 Å². The minimum absolute atomic E-state index is 0.357. The highest BCUT2D eigenvalue weighted by atomic mass is 16.1. The van der Waals surface area contributed by atoms with E-state index in [2.05, 4.69) is 15.3 Å². The minimum Gasteiger partial charge on any atom is -0.397 e. The van der Waals surface area contributed by atoms with Gasteiger partial charge in [0.1, 0.15) is 0 Å². The van der Waals surface area contributed by atoms with E-state index < -0.39 is 0 Å². The van der Waals surface area contributed by atoms with Gasteiger partial charge in [0.2, 0.25) is 0 Å². The first kappa shape index (κ1) is 10.2. The third kappa shape index (κ3) is 2.03. The first-order valence-electron chi connectivity index (χ1n) is 4.84. The van der Waals surface area contributed by atoms with Crippen LogP contribution in [0.3, 0.4) is 0 Å². The fourth-order valence-corrected chi connectivity index (χ4v) is 1.36. The van der Waals surface area contributed by atoms with Crippen molar-refractivity contribution < 1.29 is 0 Å². The molecule has 1 heterocycles. The molecule has 0 amide bonds. The second-order valence-electron chi connectivity index (χ2n) is 3.44. The van der Waals surface area contributed by atoms with Crippen molar-refractivity contribution in [3.63, 3.8) is 0 Å². The van der Waals surface area contributed by atoms with Gasteiger partial charge in [0.25, 0.3) is 0 Å². The molecule has 4 N–H and O–H groups in total. The molecule has 0 atom stereocenters. The van der Waals surface area contributed by atoms with Gasteiger partial charge in [-0.15, -0.1) is 0 Å². The van der Waals surface area contributed by atoms with E-state index in [0.717, 1.165) is 17.1 Å². The molecule has 82 valence electrons. The van der Waals surface area contributed by atoms with Crippen LogP contribution in [0.5, 0.6) is 0 Å². The Morgan fingerprint density at radius 3 is 2.75 bits per heavy atom. The number of rotatable bonds is 2. The number of aromatic amines is 1. The summed E-state index contributed by atoms with van der Waals surface area (Å²) in [6, 6.07) is 7.41. The molecule has 0 unspecified atom stereocenters. The lowest BCUT2D eigenvalue weighted by molar-refractivity contribution is 1.03. The van der Waals surface area contributed by atoms with Crippen LogP contribution in [0.15, 0.2) is 35.3 Å². The van der Waals surface area contributed by atoms with Gasteiger partial charge in [-0.25, -0.2) is 4.79 Å². The van der Waals surface area contributed by atoms with Gasteiger partial charge in [0.05, 0.1) is 23.3 Å². The molecule has 0 spiro atoms. The summed E-state index contributed by atoms with van der Waals surface area (Å²) in [7, 11) is 0. The van der Waals surface area contributed by atoms with E-state index in [0.29, 0.717) is 5.69 Å². The van der Waals surface area contributed by atoms with Crippen molar-refractivity contribution in [2.24, 2.45) is 0 Å². The second-order valence-corrected chi connectivity index (χ2v) is 3.44. The van der Waals surface area contributed by atoms with Gasteiger partial charge in [-0.2, -0.15) is 4.98 Å². The summed E-state index contributed by atoms with van der Waals surface area (Å²) in [5.74, 6) is 0. The summed E-state index contributed by atoms with van der Waals surface area (Å²) < 4.78 is 0. The topological polar surface area (TPSA) is 83.8 Å². The molecule has 0 saturated heterocycles. The highest BCUT2D eigenvalue weighted by molar-refractivity contribution is 5.72. The summed E-state index contributed by atoms with van der Waals surface area (Å²) in [5.41, 5.74) is 8.33. The quantitative estimate of drug-likeness (QED) is 0.662. The van der Waals surface area contributed by atoms with Crippen LogP contribution in [-0.4, -0.2) is 9.97 Å². The zero-order chi connectivity index (χ0) is 11.5. The summed E-state index contributed by atoms with van der Waals surface area (Å²) in [5, 5.41) is 3.11. The van der Waals surface area contributed by atoms with Gasteiger partial charge in [0.15, 0.2) is 0 Å². The monoisotopic (exact) mass is 216 g/mol. The molecule has 5 nitrogen and oxygen atoms in total. The third-order valence-corrected chi connectivity index (χ3v) is 2.24. The third-order valence-electron chi connectivity index (χ3n) is 2.24. The number of anilines is 3. The highest BCUT2D eigenvalue weighted by Crippen LogP contribution is 2.22.